The van der Waals surface area contributed by atoms with Crippen molar-refractivity contribution < 1.29 is 27.8 Å². The minimum absolute atomic E-state index is 0.0959. The van der Waals surface area contributed by atoms with Gasteiger partial charge >= 0.3 is 5.97 Å². The Labute approximate surface area is 212 Å². The second-order valence-corrected chi connectivity index (χ2v) is 8.64. The first-order valence-corrected chi connectivity index (χ1v) is 12.7. The molecule has 3 aromatic rings. The van der Waals surface area contributed by atoms with Crippen molar-refractivity contribution in [3.8, 4) is 28.4 Å². The Morgan fingerprint density at radius 2 is 1.28 bits per heavy atom. The van der Waals surface area contributed by atoms with E-state index in [1.54, 1.807) is 36.4 Å². The highest BCUT2D eigenvalue weighted by molar-refractivity contribution is 5.91. The van der Waals surface area contributed by atoms with Crippen molar-refractivity contribution in [2.45, 2.75) is 58.8 Å². The summed E-state index contributed by atoms with van der Waals surface area (Å²) in [6, 6.07) is 16.0. The van der Waals surface area contributed by atoms with E-state index in [1.807, 2.05) is 0 Å². The number of ether oxygens (including phenoxy) is 3. The van der Waals surface area contributed by atoms with E-state index >= 15 is 0 Å². The summed E-state index contributed by atoms with van der Waals surface area (Å²) in [7, 11) is 0. The van der Waals surface area contributed by atoms with E-state index in [2.05, 4.69) is 13.8 Å². The van der Waals surface area contributed by atoms with Crippen LogP contribution >= 0.6 is 0 Å². The summed E-state index contributed by atoms with van der Waals surface area (Å²) in [6.45, 7) is 5.23. The standard InChI is InChI=1S/C30H34F2O4/c1-3-5-7-9-20-34-24-14-16-25(17-15-24)36-30(33)23-12-10-22(11-13-23)26-18-19-27(29(32)28(26)31)35-21-8-6-4-2/h10-19H,3-9,20-21H2,1-2H3. The molecule has 0 spiro atoms. The van der Waals surface area contributed by atoms with Gasteiger partial charge in [0.2, 0.25) is 5.82 Å². The number of benzene rings is 3. The van der Waals surface area contributed by atoms with Crippen molar-refractivity contribution in [2.24, 2.45) is 0 Å². The quantitative estimate of drug-likeness (QED) is 0.128. The first kappa shape index (κ1) is 27.2. The Hall–Kier alpha value is -3.41. The highest BCUT2D eigenvalue weighted by atomic mass is 19.2. The number of rotatable bonds is 14. The molecule has 0 atom stereocenters. The molecule has 0 amide bonds. The Morgan fingerprint density at radius 3 is 1.97 bits per heavy atom. The average Bonchev–Trinajstić information content (AvgIpc) is 2.90. The monoisotopic (exact) mass is 496 g/mol. The van der Waals surface area contributed by atoms with Gasteiger partial charge in [0.25, 0.3) is 0 Å². The van der Waals surface area contributed by atoms with Crippen LogP contribution in [0.5, 0.6) is 17.2 Å². The molecule has 0 unspecified atom stereocenters. The summed E-state index contributed by atoms with van der Waals surface area (Å²) in [6.07, 6.45) is 7.30. The zero-order valence-electron chi connectivity index (χ0n) is 21.0. The average molecular weight is 497 g/mol. The third kappa shape index (κ3) is 7.80. The number of hydrogen-bond acceptors (Lipinski definition) is 4. The van der Waals surface area contributed by atoms with Gasteiger partial charge < -0.3 is 14.2 Å². The van der Waals surface area contributed by atoms with Crippen LogP contribution in [-0.2, 0) is 0 Å². The van der Waals surface area contributed by atoms with Crippen molar-refractivity contribution in [2.75, 3.05) is 13.2 Å². The van der Waals surface area contributed by atoms with Crippen molar-refractivity contribution >= 4 is 5.97 Å². The van der Waals surface area contributed by atoms with Gasteiger partial charge in [-0.2, -0.15) is 4.39 Å². The molecular weight excluding hydrogens is 462 g/mol. The maximum atomic E-state index is 14.7. The van der Waals surface area contributed by atoms with Crippen molar-refractivity contribution in [1.29, 1.82) is 0 Å². The van der Waals surface area contributed by atoms with Crippen LogP contribution < -0.4 is 14.2 Å². The molecule has 3 rings (SSSR count). The van der Waals surface area contributed by atoms with Crippen LogP contribution in [0.15, 0.2) is 60.7 Å². The molecule has 0 saturated heterocycles. The lowest BCUT2D eigenvalue weighted by atomic mass is 10.0. The molecule has 0 saturated carbocycles. The second-order valence-electron chi connectivity index (χ2n) is 8.64. The maximum absolute atomic E-state index is 14.7. The van der Waals surface area contributed by atoms with E-state index in [0.29, 0.717) is 30.1 Å². The first-order chi connectivity index (χ1) is 17.5. The number of esters is 1. The number of hydrogen-bond donors (Lipinski definition) is 0. The van der Waals surface area contributed by atoms with Crippen molar-refractivity contribution in [3.05, 3.63) is 77.9 Å². The molecule has 0 N–H and O–H groups in total. The molecule has 0 fully saturated rings. The van der Waals surface area contributed by atoms with Gasteiger partial charge in [0.1, 0.15) is 11.5 Å². The van der Waals surface area contributed by atoms with Gasteiger partial charge in [-0.3, -0.25) is 0 Å². The van der Waals surface area contributed by atoms with Crippen LogP contribution in [0.2, 0.25) is 0 Å². The summed E-state index contributed by atoms with van der Waals surface area (Å²) in [4.78, 5) is 12.5. The van der Waals surface area contributed by atoms with Crippen LogP contribution in [0.3, 0.4) is 0 Å². The Kier molecular flexibility index (Phi) is 10.7. The van der Waals surface area contributed by atoms with Gasteiger partial charge in [0.05, 0.1) is 18.8 Å². The molecule has 192 valence electrons. The molecule has 0 aliphatic carbocycles. The minimum atomic E-state index is -1.01. The van der Waals surface area contributed by atoms with Gasteiger partial charge in [-0.25, -0.2) is 9.18 Å². The highest BCUT2D eigenvalue weighted by Gasteiger charge is 2.17. The molecular formula is C30H34F2O4. The molecule has 0 radical (unpaired) electrons. The number of carbonyl (C=O) groups excluding carboxylic acids is 1. The smallest absolute Gasteiger partial charge is 0.343 e. The largest absolute Gasteiger partial charge is 0.494 e. The lowest BCUT2D eigenvalue weighted by molar-refractivity contribution is 0.0734. The molecule has 6 heteroatoms. The van der Waals surface area contributed by atoms with Gasteiger partial charge in [-0.05, 0) is 66.9 Å². The molecule has 0 aromatic heterocycles. The second kappa shape index (κ2) is 14.2. The van der Waals surface area contributed by atoms with Gasteiger partial charge in [0, 0.05) is 5.56 Å². The number of unbranched alkanes of at least 4 members (excludes halogenated alkanes) is 5. The van der Waals surface area contributed by atoms with Crippen LogP contribution in [0.4, 0.5) is 8.78 Å². The predicted octanol–water partition coefficient (Wildman–Crippen LogP) is 8.38. The summed E-state index contributed by atoms with van der Waals surface area (Å²) >= 11 is 0. The maximum Gasteiger partial charge on any atom is 0.343 e. The molecule has 0 aliphatic heterocycles. The molecule has 0 heterocycles. The number of halogens is 2. The summed E-state index contributed by atoms with van der Waals surface area (Å²) in [5.74, 6) is -1.52. The molecule has 0 aliphatic rings. The fraction of sp³-hybridized carbons (Fsp3) is 0.367. The van der Waals surface area contributed by atoms with Crippen LogP contribution in [0.25, 0.3) is 11.1 Å². The first-order valence-electron chi connectivity index (χ1n) is 12.7. The van der Waals surface area contributed by atoms with E-state index in [0.717, 1.165) is 37.9 Å². The van der Waals surface area contributed by atoms with Crippen LogP contribution in [0.1, 0.15) is 69.2 Å². The van der Waals surface area contributed by atoms with Crippen molar-refractivity contribution in [1.82, 2.24) is 0 Å². The third-order valence-electron chi connectivity index (χ3n) is 5.78. The lowest BCUT2D eigenvalue weighted by Gasteiger charge is -2.11. The van der Waals surface area contributed by atoms with E-state index in [4.69, 9.17) is 14.2 Å². The van der Waals surface area contributed by atoms with Crippen LogP contribution in [-0.4, -0.2) is 19.2 Å². The predicted molar refractivity (Wildman–Crippen MR) is 138 cm³/mol. The minimum Gasteiger partial charge on any atom is -0.494 e. The molecule has 3 aromatic carbocycles. The van der Waals surface area contributed by atoms with Crippen molar-refractivity contribution in [3.63, 3.8) is 0 Å². The Bertz CT molecular complexity index is 1100. The van der Waals surface area contributed by atoms with Gasteiger partial charge in [-0.15, -0.1) is 0 Å². The summed E-state index contributed by atoms with van der Waals surface area (Å²) in [5, 5.41) is 0. The van der Waals surface area contributed by atoms with E-state index < -0.39 is 17.6 Å². The molecule has 0 bridgehead atoms. The van der Waals surface area contributed by atoms with Gasteiger partial charge in [-0.1, -0.05) is 58.1 Å². The van der Waals surface area contributed by atoms with E-state index in [-0.39, 0.29) is 11.3 Å². The zero-order valence-corrected chi connectivity index (χ0v) is 21.0. The highest BCUT2D eigenvalue weighted by Crippen LogP contribution is 2.30. The fourth-order valence-electron chi connectivity index (χ4n) is 3.67. The van der Waals surface area contributed by atoms with Crippen LogP contribution in [0, 0.1) is 11.6 Å². The van der Waals surface area contributed by atoms with E-state index in [9.17, 15) is 13.6 Å². The molecule has 4 nitrogen and oxygen atoms in total. The van der Waals surface area contributed by atoms with E-state index in [1.165, 1.54) is 37.1 Å². The topological polar surface area (TPSA) is 44.8 Å². The number of carbonyl (C=O) groups is 1. The Balaban J connectivity index is 1.57. The SMILES string of the molecule is CCCCCCOc1ccc(OC(=O)c2ccc(-c3ccc(OCCCCC)c(F)c3F)cc2)cc1. The lowest BCUT2D eigenvalue weighted by Crippen LogP contribution is -2.08. The Morgan fingerprint density at radius 1 is 0.667 bits per heavy atom. The summed E-state index contributed by atoms with van der Waals surface area (Å²) < 4.78 is 45.7. The zero-order chi connectivity index (χ0) is 25.8. The molecule has 36 heavy (non-hydrogen) atoms. The third-order valence-corrected chi connectivity index (χ3v) is 5.78. The van der Waals surface area contributed by atoms with Gasteiger partial charge in [0.15, 0.2) is 11.6 Å². The fourth-order valence-corrected chi connectivity index (χ4v) is 3.67. The summed E-state index contributed by atoms with van der Waals surface area (Å²) in [5.41, 5.74) is 0.839. The normalized spacial score (nSPS) is 10.8.